The van der Waals surface area contributed by atoms with Gasteiger partial charge in [0, 0.05) is 6.54 Å². The molecule has 0 aliphatic carbocycles. The first-order valence-electron chi connectivity index (χ1n) is 3.65. The molecule has 0 rings (SSSR count). The molecule has 1 amide bonds. The first-order chi connectivity index (χ1) is 7.18. The Bertz CT molecular complexity index is 247. The predicted octanol–water partition coefficient (Wildman–Crippen LogP) is -0.998. The van der Waals surface area contributed by atoms with Crippen LogP contribution in [0.15, 0.2) is 0 Å². The lowest BCUT2D eigenvalue weighted by Crippen LogP contribution is -2.41. The van der Waals surface area contributed by atoms with E-state index in [1.807, 2.05) is 0 Å². The molecule has 1 unspecified atom stereocenters. The number of nitrogens with one attached hydrogen (secondary N) is 1. The van der Waals surface area contributed by atoms with Crippen LogP contribution >= 0.6 is 0 Å². The Labute approximate surface area is 87.7 Å². The summed E-state index contributed by atoms with van der Waals surface area (Å²) >= 11 is 0. The quantitative estimate of drug-likeness (QED) is 0.399. The van der Waals surface area contributed by atoms with Crippen molar-refractivity contribution in [1.29, 1.82) is 0 Å². The minimum atomic E-state index is -2.69. The van der Waals surface area contributed by atoms with Crippen LogP contribution in [-0.2, 0) is 9.59 Å². The van der Waals surface area contributed by atoms with Crippen molar-refractivity contribution in [3.8, 4) is 0 Å². The fourth-order valence-corrected chi connectivity index (χ4v) is 0.294. The van der Waals surface area contributed by atoms with E-state index in [0.717, 1.165) is 0 Å². The Hall–Kier alpha value is -1.97. The number of nitrogens with two attached hydrogens (primary N) is 1. The molecule has 0 aromatic heterocycles. The lowest BCUT2D eigenvalue weighted by molar-refractivity contribution is -0.159. The van der Waals surface area contributed by atoms with Crippen LogP contribution in [0.5, 0.6) is 0 Å². The maximum atomic E-state index is 11.5. The topological polar surface area (TPSA) is 150 Å². The summed E-state index contributed by atoms with van der Waals surface area (Å²) in [6.07, 6.45) is -4.04. The van der Waals surface area contributed by atoms with E-state index in [4.69, 9.17) is 30.6 Å². The fourth-order valence-electron chi connectivity index (χ4n) is 0.294. The summed E-state index contributed by atoms with van der Waals surface area (Å²) in [6.45, 7) is -0.424. The molecule has 0 aromatic carbocycles. The Morgan fingerprint density at radius 1 is 1.12 bits per heavy atom. The van der Waals surface area contributed by atoms with Crippen molar-refractivity contribution in [2.75, 3.05) is 6.54 Å². The van der Waals surface area contributed by atoms with Gasteiger partial charge in [0.05, 0.1) is 6.04 Å². The molecule has 8 nitrogen and oxygen atoms in total. The summed E-state index contributed by atoms with van der Waals surface area (Å²) in [6, 6.07) is -1.42. The second-order valence-electron chi connectivity index (χ2n) is 2.29. The Balaban J connectivity index is 0. The highest BCUT2D eigenvalue weighted by Gasteiger charge is 2.14. The molecule has 6 N–H and O–H groups in total. The number of carboxylic acids is 2. The van der Waals surface area contributed by atoms with Crippen LogP contribution in [0, 0.1) is 0 Å². The first-order valence-corrected chi connectivity index (χ1v) is 3.65. The third-order valence-corrected chi connectivity index (χ3v) is 0.996. The first kappa shape index (κ1) is 16.5. The second kappa shape index (κ2) is 8.35. The minimum Gasteiger partial charge on any atom is -0.473 e. The van der Waals surface area contributed by atoms with Crippen molar-refractivity contribution in [1.82, 2.24) is 5.32 Å². The zero-order valence-electron chi connectivity index (χ0n) is 7.76. The van der Waals surface area contributed by atoms with Crippen LogP contribution in [0.25, 0.3) is 0 Å². The molecule has 0 saturated carbocycles. The lowest BCUT2D eigenvalue weighted by Gasteiger charge is -2.08. The maximum absolute atomic E-state index is 11.5. The number of hydrogen-bond donors (Lipinski definition) is 5. The van der Waals surface area contributed by atoms with E-state index in [-0.39, 0.29) is 0 Å². The van der Waals surface area contributed by atoms with Crippen LogP contribution in [0.4, 0.5) is 13.6 Å². The third-order valence-electron chi connectivity index (χ3n) is 0.996. The van der Waals surface area contributed by atoms with Crippen LogP contribution < -0.4 is 11.1 Å². The van der Waals surface area contributed by atoms with Crippen molar-refractivity contribution in [3.63, 3.8) is 0 Å². The van der Waals surface area contributed by atoms with Gasteiger partial charge in [0.2, 0.25) is 0 Å². The molecule has 0 aliphatic rings. The summed E-state index contributed by atoms with van der Waals surface area (Å²) in [5, 5.41) is 24.5. The van der Waals surface area contributed by atoms with Crippen LogP contribution in [0.3, 0.4) is 0 Å². The van der Waals surface area contributed by atoms with Gasteiger partial charge in [-0.3, -0.25) is 0 Å². The highest BCUT2D eigenvalue weighted by Crippen LogP contribution is 1.95. The smallest absolute Gasteiger partial charge is 0.414 e. The van der Waals surface area contributed by atoms with Crippen LogP contribution in [0.2, 0.25) is 0 Å². The van der Waals surface area contributed by atoms with Gasteiger partial charge in [-0.05, 0) is 0 Å². The van der Waals surface area contributed by atoms with Gasteiger partial charge in [-0.2, -0.15) is 0 Å². The number of alkyl halides is 2. The minimum absolute atomic E-state index is 0.424. The summed E-state index contributed by atoms with van der Waals surface area (Å²) in [4.78, 5) is 27.9. The summed E-state index contributed by atoms with van der Waals surface area (Å²) in [7, 11) is 0. The van der Waals surface area contributed by atoms with Crippen LogP contribution in [0.1, 0.15) is 0 Å². The lowest BCUT2D eigenvalue weighted by atomic mass is 10.3. The van der Waals surface area contributed by atoms with Crippen molar-refractivity contribution < 1.29 is 38.5 Å². The molecular weight excluding hydrogens is 234 g/mol. The van der Waals surface area contributed by atoms with Crippen molar-refractivity contribution in [3.05, 3.63) is 0 Å². The monoisotopic (exact) mass is 244 g/mol. The molecule has 0 saturated heterocycles. The molecule has 0 heterocycles. The average molecular weight is 244 g/mol. The Morgan fingerprint density at radius 2 is 1.50 bits per heavy atom. The van der Waals surface area contributed by atoms with Gasteiger partial charge in [0.15, 0.2) is 0 Å². The molecule has 0 spiro atoms. The molecule has 0 aromatic rings. The number of halogens is 2. The molecule has 10 heteroatoms. The second-order valence-corrected chi connectivity index (χ2v) is 2.29. The fraction of sp³-hybridized carbons (Fsp3) is 0.500. The summed E-state index contributed by atoms with van der Waals surface area (Å²) in [5.74, 6) is -3.65. The molecule has 1 atom stereocenters. The normalized spacial score (nSPS) is 11.0. The van der Waals surface area contributed by atoms with E-state index in [1.165, 1.54) is 0 Å². The number of aliphatic carboxylic acids is 2. The number of rotatable bonds is 3. The van der Waals surface area contributed by atoms with Gasteiger partial charge in [-0.25, -0.2) is 23.2 Å². The molecule has 0 bridgehead atoms. The van der Waals surface area contributed by atoms with Crippen molar-refractivity contribution >= 4 is 18.0 Å². The van der Waals surface area contributed by atoms with E-state index in [9.17, 15) is 13.6 Å². The Morgan fingerprint density at radius 3 is 1.69 bits per heavy atom. The highest BCUT2D eigenvalue weighted by molar-refractivity contribution is 6.27. The summed E-state index contributed by atoms with van der Waals surface area (Å²) in [5.41, 5.74) is 4.79. The van der Waals surface area contributed by atoms with Gasteiger partial charge in [0.1, 0.15) is 0 Å². The van der Waals surface area contributed by atoms with Gasteiger partial charge < -0.3 is 26.4 Å². The standard InChI is InChI=1S/C4H8F2N2O2.C2H2O4/c5-3(6)2(7)1-8-4(9)10;3-1(4)2(5)6/h2-3,8H,1,7H2,(H,9,10);(H,3,4)(H,5,6). The van der Waals surface area contributed by atoms with E-state index in [1.54, 1.807) is 5.32 Å². The number of carbonyl (C=O) groups is 3. The van der Waals surface area contributed by atoms with Gasteiger partial charge >= 0.3 is 18.0 Å². The third kappa shape index (κ3) is 12.0. The average Bonchev–Trinajstić information content (AvgIpc) is 2.14. The predicted molar refractivity (Wildman–Crippen MR) is 45.3 cm³/mol. The molecular formula is C6H10F2N2O6. The number of hydrogen-bond acceptors (Lipinski definition) is 4. The molecule has 0 fully saturated rings. The molecule has 16 heavy (non-hydrogen) atoms. The highest BCUT2D eigenvalue weighted by atomic mass is 19.3. The van der Waals surface area contributed by atoms with E-state index >= 15 is 0 Å². The van der Waals surface area contributed by atoms with Gasteiger partial charge in [-0.1, -0.05) is 0 Å². The number of amides is 1. The SMILES string of the molecule is NC(CNC(=O)O)C(F)F.O=C(O)C(=O)O. The zero-order chi connectivity index (χ0) is 13.3. The van der Waals surface area contributed by atoms with E-state index < -0.39 is 37.0 Å². The van der Waals surface area contributed by atoms with E-state index in [0.29, 0.717) is 0 Å². The maximum Gasteiger partial charge on any atom is 0.414 e. The largest absolute Gasteiger partial charge is 0.473 e. The van der Waals surface area contributed by atoms with Gasteiger partial charge in [-0.15, -0.1) is 0 Å². The van der Waals surface area contributed by atoms with Crippen molar-refractivity contribution in [2.45, 2.75) is 12.5 Å². The van der Waals surface area contributed by atoms with Crippen LogP contribution in [-0.4, -0.2) is 52.4 Å². The van der Waals surface area contributed by atoms with Gasteiger partial charge in [0.25, 0.3) is 6.43 Å². The van der Waals surface area contributed by atoms with Crippen molar-refractivity contribution in [2.24, 2.45) is 5.73 Å². The zero-order valence-corrected chi connectivity index (χ0v) is 7.76. The number of carboxylic acid groups (broad SMARTS) is 3. The molecule has 0 aliphatic heterocycles. The Kier molecular flexibility index (Phi) is 8.59. The molecule has 0 radical (unpaired) electrons. The summed E-state index contributed by atoms with van der Waals surface area (Å²) < 4.78 is 23.0. The molecule has 94 valence electrons. The van der Waals surface area contributed by atoms with E-state index in [2.05, 4.69) is 0 Å².